The van der Waals surface area contributed by atoms with Crippen molar-refractivity contribution in [2.24, 2.45) is 0 Å². The second-order valence-electron chi connectivity index (χ2n) is 4.92. The number of halogens is 2. The molecule has 3 rings (SSSR count). The number of benzene rings is 1. The SMILES string of the molecule is Cc1nc(C2CCCc3ccccc32)nc(Cl)c1Br. The molecule has 1 aromatic heterocycles. The van der Waals surface area contributed by atoms with Gasteiger partial charge in [0.15, 0.2) is 0 Å². The molecule has 0 spiro atoms. The first-order valence-corrected chi connectivity index (χ1v) is 7.61. The number of aryl methyl sites for hydroxylation is 2. The molecule has 1 aromatic carbocycles. The van der Waals surface area contributed by atoms with E-state index >= 15 is 0 Å². The summed E-state index contributed by atoms with van der Waals surface area (Å²) in [4.78, 5) is 9.08. The highest BCUT2D eigenvalue weighted by atomic mass is 79.9. The van der Waals surface area contributed by atoms with E-state index in [0.717, 1.165) is 28.8 Å². The number of aromatic nitrogens is 2. The molecule has 2 aromatic rings. The summed E-state index contributed by atoms with van der Waals surface area (Å²) in [6.07, 6.45) is 3.42. The third-order valence-corrected chi connectivity index (χ3v) is 5.13. The summed E-state index contributed by atoms with van der Waals surface area (Å²) in [6.45, 7) is 1.95. The van der Waals surface area contributed by atoms with Gasteiger partial charge in [0.25, 0.3) is 0 Å². The van der Waals surface area contributed by atoms with Crippen molar-refractivity contribution in [1.29, 1.82) is 0 Å². The van der Waals surface area contributed by atoms with E-state index in [0.29, 0.717) is 5.15 Å². The lowest BCUT2D eigenvalue weighted by atomic mass is 9.82. The minimum atomic E-state index is 0.272. The highest BCUT2D eigenvalue weighted by Crippen LogP contribution is 2.36. The van der Waals surface area contributed by atoms with Gasteiger partial charge in [0.1, 0.15) is 11.0 Å². The van der Waals surface area contributed by atoms with Crippen LogP contribution in [0.4, 0.5) is 0 Å². The average molecular weight is 338 g/mol. The van der Waals surface area contributed by atoms with Crippen LogP contribution in [0.15, 0.2) is 28.7 Å². The lowest BCUT2D eigenvalue weighted by Gasteiger charge is -2.24. The van der Waals surface area contributed by atoms with E-state index in [4.69, 9.17) is 11.6 Å². The van der Waals surface area contributed by atoms with Crippen molar-refractivity contribution in [1.82, 2.24) is 9.97 Å². The predicted molar refractivity (Wildman–Crippen MR) is 80.7 cm³/mol. The molecule has 2 nitrogen and oxygen atoms in total. The lowest BCUT2D eigenvalue weighted by Crippen LogP contribution is -2.14. The van der Waals surface area contributed by atoms with Crippen LogP contribution in [0.1, 0.15) is 41.4 Å². The zero-order valence-electron chi connectivity index (χ0n) is 10.7. The summed E-state index contributed by atoms with van der Waals surface area (Å²) in [6, 6.07) is 8.58. The van der Waals surface area contributed by atoms with Gasteiger partial charge < -0.3 is 0 Å². The van der Waals surface area contributed by atoms with Crippen LogP contribution in [0.25, 0.3) is 0 Å². The van der Waals surface area contributed by atoms with Gasteiger partial charge in [0, 0.05) is 5.92 Å². The molecule has 98 valence electrons. The van der Waals surface area contributed by atoms with E-state index in [2.05, 4.69) is 50.2 Å². The first-order chi connectivity index (χ1) is 9.16. The molecule has 0 bridgehead atoms. The number of nitrogens with zero attached hydrogens (tertiary/aromatic N) is 2. The van der Waals surface area contributed by atoms with Crippen LogP contribution >= 0.6 is 27.5 Å². The Morgan fingerprint density at radius 1 is 1.26 bits per heavy atom. The number of hydrogen-bond donors (Lipinski definition) is 0. The molecule has 0 radical (unpaired) electrons. The van der Waals surface area contributed by atoms with Crippen LogP contribution in [0.3, 0.4) is 0 Å². The van der Waals surface area contributed by atoms with Crippen LogP contribution < -0.4 is 0 Å². The van der Waals surface area contributed by atoms with Crippen molar-refractivity contribution < 1.29 is 0 Å². The van der Waals surface area contributed by atoms with Crippen molar-refractivity contribution in [2.45, 2.75) is 32.1 Å². The monoisotopic (exact) mass is 336 g/mol. The Bertz CT molecular complexity index is 604. The van der Waals surface area contributed by atoms with Crippen molar-refractivity contribution in [3.63, 3.8) is 0 Å². The molecule has 0 N–H and O–H groups in total. The zero-order chi connectivity index (χ0) is 13.4. The molecule has 0 saturated heterocycles. The molecule has 0 aliphatic heterocycles. The third kappa shape index (κ3) is 2.41. The number of hydrogen-bond acceptors (Lipinski definition) is 2. The second-order valence-corrected chi connectivity index (χ2v) is 6.07. The van der Waals surface area contributed by atoms with Gasteiger partial charge in [-0.05, 0) is 53.2 Å². The third-order valence-electron chi connectivity index (χ3n) is 3.67. The molecule has 1 unspecified atom stereocenters. The van der Waals surface area contributed by atoms with Gasteiger partial charge in [-0.2, -0.15) is 0 Å². The van der Waals surface area contributed by atoms with Gasteiger partial charge in [0.05, 0.1) is 10.2 Å². The summed E-state index contributed by atoms with van der Waals surface area (Å²) in [5.41, 5.74) is 3.67. The fourth-order valence-corrected chi connectivity index (χ4v) is 3.12. The van der Waals surface area contributed by atoms with E-state index < -0.39 is 0 Å². The molecule has 0 amide bonds. The maximum atomic E-state index is 6.17. The quantitative estimate of drug-likeness (QED) is 0.707. The van der Waals surface area contributed by atoms with E-state index in [-0.39, 0.29) is 5.92 Å². The standard InChI is InChI=1S/C15H14BrClN2/c1-9-13(16)14(17)19-15(18-9)12-8-4-6-10-5-2-3-7-11(10)12/h2-3,5,7,12H,4,6,8H2,1H3. The second kappa shape index (κ2) is 5.22. The largest absolute Gasteiger partial charge is 0.236 e. The Kier molecular flexibility index (Phi) is 3.59. The van der Waals surface area contributed by atoms with Crippen LogP contribution in [0.2, 0.25) is 5.15 Å². The van der Waals surface area contributed by atoms with Crippen LogP contribution in [0, 0.1) is 6.92 Å². The topological polar surface area (TPSA) is 25.8 Å². The Morgan fingerprint density at radius 2 is 2.05 bits per heavy atom. The van der Waals surface area contributed by atoms with Crippen molar-refractivity contribution >= 4 is 27.5 Å². The molecule has 1 heterocycles. The first kappa shape index (κ1) is 13.1. The Balaban J connectivity index is 2.09. The molecule has 1 atom stereocenters. The molecular formula is C15H14BrClN2. The fourth-order valence-electron chi connectivity index (χ4n) is 2.72. The highest BCUT2D eigenvalue weighted by Gasteiger charge is 2.24. The van der Waals surface area contributed by atoms with E-state index in [9.17, 15) is 0 Å². The van der Waals surface area contributed by atoms with Crippen molar-refractivity contribution in [3.8, 4) is 0 Å². The van der Waals surface area contributed by atoms with Gasteiger partial charge in [0.2, 0.25) is 0 Å². The first-order valence-electron chi connectivity index (χ1n) is 6.44. The van der Waals surface area contributed by atoms with Gasteiger partial charge >= 0.3 is 0 Å². The number of rotatable bonds is 1. The van der Waals surface area contributed by atoms with Crippen LogP contribution in [-0.4, -0.2) is 9.97 Å². The highest BCUT2D eigenvalue weighted by molar-refractivity contribution is 9.10. The molecule has 19 heavy (non-hydrogen) atoms. The minimum Gasteiger partial charge on any atom is -0.236 e. The summed E-state index contributed by atoms with van der Waals surface area (Å²) in [5.74, 6) is 1.12. The maximum Gasteiger partial charge on any atom is 0.147 e. The summed E-state index contributed by atoms with van der Waals surface area (Å²) >= 11 is 9.58. The van der Waals surface area contributed by atoms with Crippen LogP contribution in [0.5, 0.6) is 0 Å². The summed E-state index contributed by atoms with van der Waals surface area (Å²) in [7, 11) is 0. The molecular weight excluding hydrogens is 324 g/mol. The molecule has 4 heteroatoms. The summed E-state index contributed by atoms with van der Waals surface area (Å²) < 4.78 is 0.794. The lowest BCUT2D eigenvalue weighted by molar-refractivity contribution is 0.588. The van der Waals surface area contributed by atoms with E-state index in [1.807, 2.05) is 6.92 Å². The number of fused-ring (bicyclic) bond motifs is 1. The van der Waals surface area contributed by atoms with Gasteiger partial charge in [-0.3, -0.25) is 0 Å². The van der Waals surface area contributed by atoms with Gasteiger partial charge in [-0.15, -0.1) is 0 Å². The average Bonchev–Trinajstić information content (AvgIpc) is 2.43. The fraction of sp³-hybridized carbons (Fsp3) is 0.333. The van der Waals surface area contributed by atoms with Gasteiger partial charge in [-0.25, -0.2) is 9.97 Å². The molecule has 1 aliphatic carbocycles. The summed E-state index contributed by atoms with van der Waals surface area (Å²) in [5, 5.41) is 0.505. The molecule has 1 aliphatic rings. The van der Waals surface area contributed by atoms with Crippen molar-refractivity contribution in [2.75, 3.05) is 0 Å². The smallest absolute Gasteiger partial charge is 0.147 e. The van der Waals surface area contributed by atoms with Crippen molar-refractivity contribution in [3.05, 3.63) is 56.5 Å². The van der Waals surface area contributed by atoms with Gasteiger partial charge in [-0.1, -0.05) is 35.9 Å². The normalized spacial score (nSPS) is 18.2. The zero-order valence-corrected chi connectivity index (χ0v) is 13.0. The minimum absolute atomic E-state index is 0.272. The maximum absolute atomic E-state index is 6.17. The molecule has 0 saturated carbocycles. The Morgan fingerprint density at radius 3 is 2.84 bits per heavy atom. The van der Waals surface area contributed by atoms with E-state index in [1.54, 1.807) is 0 Å². The molecule has 0 fully saturated rings. The van der Waals surface area contributed by atoms with Crippen LogP contribution in [-0.2, 0) is 6.42 Å². The van der Waals surface area contributed by atoms with E-state index in [1.165, 1.54) is 17.5 Å². The Hall–Kier alpha value is -0.930. The predicted octanol–water partition coefficient (Wildman–Crippen LogP) is 4.67. The Labute approximate surface area is 126 Å².